The van der Waals surface area contributed by atoms with Crippen LogP contribution in [0.25, 0.3) is 33.6 Å². The van der Waals surface area contributed by atoms with Gasteiger partial charge in [0.1, 0.15) is 0 Å². The zero-order chi connectivity index (χ0) is 32.8. The second-order valence-corrected chi connectivity index (χ2v) is 10.8. The molecule has 3 heteroatoms. The van der Waals surface area contributed by atoms with Crippen molar-refractivity contribution in [2.24, 2.45) is 5.41 Å². The van der Waals surface area contributed by atoms with E-state index in [1.807, 2.05) is 106 Å². The van der Waals surface area contributed by atoms with Crippen LogP contribution in [0.2, 0.25) is 0 Å². The molecule has 0 amide bonds. The van der Waals surface area contributed by atoms with Gasteiger partial charge in [-0.05, 0) is 47.2 Å². The van der Waals surface area contributed by atoms with Gasteiger partial charge < -0.3 is 9.97 Å². The average Bonchev–Trinajstić information content (AvgIpc) is 3.09. The first kappa shape index (κ1) is 26.5. The second-order valence-electron chi connectivity index (χ2n) is 10.8. The van der Waals surface area contributed by atoms with Gasteiger partial charge in [-0.3, -0.25) is 0 Å². The summed E-state index contributed by atoms with van der Waals surface area (Å²) in [6.45, 7) is 5.73. The van der Waals surface area contributed by atoms with Crippen LogP contribution in [0.4, 0.5) is 0 Å². The quantitative estimate of drug-likeness (QED) is 0.159. The standard InChI is InChI=1S/C22H22N.C18H14N.Ir/c1-22(2,3)16-17-13-14-23-21(15-17)20-11-9-19(10-12-20)18-7-5-4-6-8-18;1-3-8-15(9-4-1)14-17-12-7-13-19-18(17)16-10-5-2-6-11-16;/h4-11,13-15H,16H2,1-3H3;1-10,12-13H,14H2;/q2*-1;/i16D2;14D2;. The molecule has 0 bridgehead atoms. The molecule has 6 aromatic rings. The van der Waals surface area contributed by atoms with Gasteiger partial charge in [0.25, 0.3) is 0 Å². The van der Waals surface area contributed by atoms with Gasteiger partial charge >= 0.3 is 0 Å². The summed E-state index contributed by atoms with van der Waals surface area (Å²) in [5.74, 6) is 0. The molecule has 6 rings (SSSR count). The van der Waals surface area contributed by atoms with Gasteiger partial charge in [-0.15, -0.1) is 65.7 Å². The molecular formula is C40H36IrN2-2. The summed E-state index contributed by atoms with van der Waals surface area (Å²) < 4.78 is 33.9. The molecule has 0 N–H and O–H groups in total. The largest absolute Gasteiger partial charge is 0.305 e. The normalized spacial score (nSPS) is 12.7. The Morgan fingerprint density at radius 3 is 2.07 bits per heavy atom. The van der Waals surface area contributed by atoms with E-state index in [-0.39, 0.29) is 20.1 Å². The third kappa shape index (κ3) is 9.41. The minimum Gasteiger partial charge on any atom is -0.305 e. The van der Waals surface area contributed by atoms with Gasteiger partial charge in [0.15, 0.2) is 0 Å². The Kier molecular flexibility index (Phi) is 9.44. The molecule has 2 heterocycles. The van der Waals surface area contributed by atoms with Crippen LogP contribution in [-0.4, -0.2) is 9.97 Å². The molecule has 0 spiro atoms. The SMILES string of the molecule is [2H]C([2H])(c1ccccc1)c1cccnc1-c1[c-]cccc1.[2H]C([2H])(c1ccnc(-c2[c-]cc(-c3ccccc3)cc2)c1)C(C)(C)C.[Ir]. The summed E-state index contributed by atoms with van der Waals surface area (Å²) in [6, 6.07) is 46.4. The Morgan fingerprint density at radius 2 is 1.40 bits per heavy atom. The Labute approximate surface area is 275 Å². The molecule has 2 aromatic heterocycles. The van der Waals surface area contributed by atoms with Gasteiger partial charge in [-0.25, -0.2) is 0 Å². The Hall–Kier alpha value is -4.17. The van der Waals surface area contributed by atoms with Crippen LogP contribution in [0, 0.1) is 17.5 Å². The van der Waals surface area contributed by atoms with Crippen molar-refractivity contribution in [3.05, 3.63) is 169 Å². The second kappa shape index (κ2) is 15.3. The first-order chi connectivity index (χ1) is 22.0. The maximum absolute atomic E-state index is 8.51. The topological polar surface area (TPSA) is 25.8 Å². The molecule has 0 saturated carbocycles. The van der Waals surface area contributed by atoms with Crippen LogP contribution in [0.15, 0.2) is 140 Å². The van der Waals surface area contributed by atoms with Crippen LogP contribution >= 0.6 is 0 Å². The van der Waals surface area contributed by atoms with Crippen molar-refractivity contribution in [3.8, 4) is 33.6 Å². The summed E-state index contributed by atoms with van der Waals surface area (Å²) in [7, 11) is 0. The van der Waals surface area contributed by atoms with Crippen molar-refractivity contribution < 1.29 is 25.6 Å². The fraction of sp³-hybridized carbons (Fsp3) is 0.150. The van der Waals surface area contributed by atoms with Crippen molar-refractivity contribution in [2.75, 3.05) is 0 Å². The summed E-state index contributed by atoms with van der Waals surface area (Å²) >= 11 is 0. The molecule has 1 radical (unpaired) electrons. The fourth-order valence-corrected chi connectivity index (χ4v) is 4.42. The van der Waals surface area contributed by atoms with Crippen molar-refractivity contribution in [1.29, 1.82) is 0 Å². The van der Waals surface area contributed by atoms with E-state index in [1.165, 1.54) is 0 Å². The molecule has 0 atom stereocenters. The summed E-state index contributed by atoms with van der Waals surface area (Å²) in [6.07, 6.45) is 0.317. The van der Waals surface area contributed by atoms with Gasteiger partial charge in [0.2, 0.25) is 0 Å². The number of rotatable bonds is 6. The van der Waals surface area contributed by atoms with E-state index in [4.69, 9.17) is 5.48 Å². The van der Waals surface area contributed by atoms with Crippen molar-refractivity contribution >= 4 is 0 Å². The van der Waals surface area contributed by atoms with Crippen LogP contribution in [0.5, 0.6) is 0 Å². The zero-order valence-electron chi connectivity index (χ0n) is 28.5. The predicted octanol–water partition coefficient (Wildman–Crippen LogP) is 9.94. The minimum atomic E-state index is -1.60. The van der Waals surface area contributed by atoms with Crippen LogP contribution in [0.1, 0.15) is 42.9 Å². The monoisotopic (exact) mass is 741 g/mol. The third-order valence-corrected chi connectivity index (χ3v) is 6.30. The number of hydrogen-bond donors (Lipinski definition) is 0. The molecule has 4 aromatic carbocycles. The number of nitrogens with zero attached hydrogens (tertiary/aromatic N) is 2. The molecule has 0 aliphatic rings. The molecule has 0 aliphatic carbocycles. The van der Waals surface area contributed by atoms with E-state index in [0.717, 1.165) is 27.9 Å². The number of hydrogen-bond acceptors (Lipinski definition) is 2. The fourth-order valence-electron chi connectivity index (χ4n) is 4.42. The predicted molar refractivity (Wildman–Crippen MR) is 175 cm³/mol. The van der Waals surface area contributed by atoms with E-state index in [9.17, 15) is 0 Å². The van der Waals surface area contributed by atoms with Gasteiger partial charge in [-0.2, -0.15) is 0 Å². The molecular weight excluding hydrogens is 701 g/mol. The van der Waals surface area contributed by atoms with Crippen LogP contribution < -0.4 is 0 Å². The number of pyridine rings is 2. The molecule has 43 heavy (non-hydrogen) atoms. The molecule has 0 aliphatic heterocycles. The molecule has 0 fully saturated rings. The van der Waals surface area contributed by atoms with E-state index >= 15 is 0 Å². The first-order valence-electron chi connectivity index (χ1n) is 16.0. The summed E-state index contributed by atoms with van der Waals surface area (Å²) in [5, 5.41) is 0. The third-order valence-electron chi connectivity index (χ3n) is 6.30. The Bertz CT molecular complexity index is 1860. The van der Waals surface area contributed by atoms with Gasteiger partial charge in [0, 0.05) is 38.0 Å². The molecule has 0 unspecified atom stereocenters. The average molecular weight is 741 g/mol. The number of benzene rings is 4. The van der Waals surface area contributed by atoms with Crippen molar-refractivity contribution in [1.82, 2.24) is 9.97 Å². The summed E-state index contributed by atoms with van der Waals surface area (Å²) in [5.41, 5.74) is 6.62. The minimum absolute atomic E-state index is 0. The van der Waals surface area contributed by atoms with Crippen molar-refractivity contribution in [3.63, 3.8) is 0 Å². The molecule has 217 valence electrons. The molecule has 2 nitrogen and oxygen atoms in total. The van der Waals surface area contributed by atoms with E-state index < -0.39 is 18.2 Å². The zero-order valence-corrected chi connectivity index (χ0v) is 26.9. The van der Waals surface area contributed by atoms with Crippen LogP contribution in [-0.2, 0) is 32.9 Å². The smallest absolute Gasteiger partial charge is 0.0358 e. The van der Waals surface area contributed by atoms with E-state index in [2.05, 4.69) is 34.2 Å². The molecule has 0 saturated heterocycles. The Balaban J connectivity index is 0.000000211. The van der Waals surface area contributed by atoms with Crippen molar-refractivity contribution in [2.45, 2.75) is 33.5 Å². The Morgan fingerprint density at radius 1 is 0.651 bits per heavy atom. The maximum Gasteiger partial charge on any atom is 0.0358 e. The maximum atomic E-state index is 8.51. The van der Waals surface area contributed by atoms with E-state index in [1.54, 1.807) is 42.7 Å². The number of aromatic nitrogens is 2. The van der Waals surface area contributed by atoms with Gasteiger partial charge in [-0.1, -0.05) is 116 Å². The van der Waals surface area contributed by atoms with E-state index in [0.29, 0.717) is 22.4 Å². The first-order valence-corrected chi connectivity index (χ1v) is 14.0. The van der Waals surface area contributed by atoms with Gasteiger partial charge in [0.05, 0.1) is 0 Å². The van der Waals surface area contributed by atoms with Crippen LogP contribution in [0.3, 0.4) is 0 Å². The summed E-state index contributed by atoms with van der Waals surface area (Å²) in [4.78, 5) is 8.78.